The monoisotopic (exact) mass is 1480 g/mol. The second-order valence-corrected chi connectivity index (χ2v) is 27.4. The van der Waals surface area contributed by atoms with Crippen LogP contribution in [0.2, 0.25) is 5.28 Å². The van der Waals surface area contributed by atoms with E-state index in [1.54, 1.807) is 41.5 Å². The van der Waals surface area contributed by atoms with Crippen LogP contribution in [0.15, 0.2) is 55.1 Å². The van der Waals surface area contributed by atoms with E-state index in [-0.39, 0.29) is 148 Å². The third-order valence-electron chi connectivity index (χ3n) is 17.3. The van der Waals surface area contributed by atoms with Crippen molar-refractivity contribution in [2.45, 2.75) is 169 Å². The molecule has 0 unspecified atom stereocenters. The van der Waals surface area contributed by atoms with Gasteiger partial charge in [-0.2, -0.15) is 36.3 Å². The van der Waals surface area contributed by atoms with Crippen molar-refractivity contribution in [3.63, 3.8) is 0 Å². The number of alkyl halides is 8. The van der Waals surface area contributed by atoms with E-state index in [9.17, 15) is 58.3 Å². The van der Waals surface area contributed by atoms with Crippen LogP contribution in [0.1, 0.15) is 121 Å². The van der Waals surface area contributed by atoms with Crippen LogP contribution in [0.5, 0.6) is 6.01 Å². The van der Waals surface area contributed by atoms with Gasteiger partial charge in [0.15, 0.2) is 11.6 Å². The normalized spacial score (nSPS) is 20.4. The van der Waals surface area contributed by atoms with Crippen molar-refractivity contribution in [1.82, 2.24) is 44.6 Å². The number of piperazine rings is 1. The summed E-state index contributed by atoms with van der Waals surface area (Å²) in [6.45, 7) is 27.4. The summed E-state index contributed by atoms with van der Waals surface area (Å²) in [5.74, 6) is -1.72. The van der Waals surface area contributed by atoms with E-state index in [2.05, 4.69) is 34.6 Å². The Hall–Kier alpha value is -8.98. The number of amides is 3. The molecular formula is C69H86ClF10N15O8. The molecule has 0 bridgehead atoms. The molecule has 0 saturated carbocycles. The van der Waals surface area contributed by atoms with Crippen molar-refractivity contribution < 1.29 is 82.3 Å². The van der Waals surface area contributed by atoms with Gasteiger partial charge >= 0.3 is 36.6 Å². The molecule has 6 aliphatic heterocycles. The molecule has 562 valence electrons. The first-order valence-electron chi connectivity index (χ1n) is 32.7. The van der Waals surface area contributed by atoms with E-state index in [0.29, 0.717) is 67.2 Å². The standard InChI is InChI=1S/C30H36F5N7O3.C27H24ClF4N7O2.C10H18FNO3.2CH4/c1-29(2,3)45-28(43)42-15-19(31)10-20(42)17-44-27-38-23-16-40(24-13-37-12-22(32)25(24)30(33,34)35)9-7-21(23)26(39-27)41-8-5-6-18(14-41)11-36-4;1-33-11-18-14-38(9-10-39(18)26(40)41-16-17-5-3-2-4-6-17)24-19-7-8-37(15-21(19)35-25(28)36-24)22-13-34-12-20(29)23(22)27(30,31)32;1-10(2,3)15-9(14)12-5-7(11)4-8(12)6-13;;/h12-13,18-20H,5-11,14-17H2,1-3H3;2-6,12-13,18H,7-11,14-16H2;7-8,13H,4-6H2,1-3H3;2*1H4/t18-,19+,20-;18-;7-,8+;;/m001../s1. The SMILES string of the molecule is C.C.CC(C)(C)OC(=O)N1C[C@H](F)C[C@H]1CO.[C-]#[N+]C[C@@H]1CCCN(c2nc(OC[C@@H]3C[C@@H](F)CN3C(=O)OC(C)(C)C)nc3c2CCN(c2cncc(F)c2C(F)(F)F)C3)C1.[C-]#[N+]C[C@H]1CN(c2nc(Cl)nc3c2CCN(c2cncc(F)c2C(F)(F)F)C3)CCN1C(=O)OCc1ccccc1. The number of nitrogens with zero attached hydrogens (tertiary/aromatic N) is 15. The molecule has 5 aromatic rings. The van der Waals surface area contributed by atoms with Crippen LogP contribution in [0.25, 0.3) is 9.69 Å². The lowest BCUT2D eigenvalue weighted by Crippen LogP contribution is -2.57. The van der Waals surface area contributed by atoms with Crippen LogP contribution in [-0.4, -0.2) is 195 Å². The average molecular weight is 1480 g/mol. The van der Waals surface area contributed by atoms with Crippen molar-refractivity contribution in [3.8, 4) is 6.01 Å². The van der Waals surface area contributed by atoms with Crippen LogP contribution >= 0.6 is 11.6 Å². The van der Waals surface area contributed by atoms with Gasteiger partial charge in [-0.05, 0) is 84.4 Å². The van der Waals surface area contributed by atoms with Crippen molar-refractivity contribution in [2.24, 2.45) is 5.92 Å². The maximum absolute atomic E-state index is 14.4. The highest BCUT2D eigenvalue weighted by atomic mass is 35.5. The van der Waals surface area contributed by atoms with Gasteiger partial charge in [0.1, 0.15) is 65.6 Å². The molecule has 0 spiro atoms. The van der Waals surface area contributed by atoms with E-state index in [0.717, 1.165) is 36.4 Å². The average Bonchev–Trinajstić information content (AvgIpc) is 1.42. The Labute approximate surface area is 597 Å². The molecule has 4 fully saturated rings. The summed E-state index contributed by atoms with van der Waals surface area (Å²) in [6.07, 6.45) is -8.36. The topological polar surface area (TPSA) is 217 Å². The molecule has 1 aromatic carbocycles. The van der Waals surface area contributed by atoms with Gasteiger partial charge in [0.05, 0.1) is 92.4 Å². The molecule has 10 heterocycles. The first-order chi connectivity index (χ1) is 47.7. The maximum atomic E-state index is 14.4. The van der Waals surface area contributed by atoms with Gasteiger partial charge in [-0.25, -0.2) is 55.1 Å². The lowest BCUT2D eigenvalue weighted by molar-refractivity contribution is -0.140. The van der Waals surface area contributed by atoms with E-state index in [4.69, 9.17) is 53.8 Å². The number of rotatable bonds is 12. The van der Waals surface area contributed by atoms with Crippen LogP contribution in [-0.2, 0) is 59.1 Å². The minimum atomic E-state index is -4.94. The second kappa shape index (κ2) is 34.5. The van der Waals surface area contributed by atoms with Crippen LogP contribution in [0, 0.1) is 30.7 Å². The maximum Gasteiger partial charge on any atom is 0.421 e. The van der Waals surface area contributed by atoms with Crippen molar-refractivity contribution in [3.05, 3.63) is 134 Å². The number of aromatic nitrogens is 6. The van der Waals surface area contributed by atoms with E-state index >= 15 is 0 Å². The number of piperidine rings is 1. The van der Waals surface area contributed by atoms with Gasteiger partial charge in [-0.1, -0.05) is 45.2 Å². The number of likely N-dealkylation sites (tertiary alicyclic amines) is 2. The molecule has 23 nitrogen and oxygen atoms in total. The fourth-order valence-corrected chi connectivity index (χ4v) is 13.0. The van der Waals surface area contributed by atoms with Crippen molar-refractivity contribution >= 4 is 52.9 Å². The first kappa shape index (κ1) is 81.3. The van der Waals surface area contributed by atoms with Gasteiger partial charge < -0.3 is 53.3 Å². The van der Waals surface area contributed by atoms with Crippen molar-refractivity contribution in [2.75, 3.05) is 105 Å². The highest BCUT2D eigenvalue weighted by Gasteiger charge is 2.44. The van der Waals surface area contributed by atoms with Crippen molar-refractivity contribution in [1.29, 1.82) is 0 Å². The number of benzene rings is 1. The van der Waals surface area contributed by atoms with Gasteiger partial charge in [0.25, 0.3) is 0 Å². The first-order valence-corrected chi connectivity index (χ1v) is 33.1. The predicted molar refractivity (Wildman–Crippen MR) is 363 cm³/mol. The molecule has 0 aliphatic carbocycles. The molecule has 11 rings (SSSR count). The zero-order valence-corrected chi connectivity index (χ0v) is 57.1. The summed E-state index contributed by atoms with van der Waals surface area (Å²) in [5, 5.41) is 8.89. The number of carbonyl (C=O) groups excluding carboxylic acids is 3. The Kier molecular flexibility index (Phi) is 27.3. The summed E-state index contributed by atoms with van der Waals surface area (Å²) >= 11 is 6.25. The largest absolute Gasteiger partial charge is 0.461 e. The molecule has 0 radical (unpaired) electrons. The van der Waals surface area contributed by atoms with Crippen LogP contribution in [0.3, 0.4) is 0 Å². The molecule has 103 heavy (non-hydrogen) atoms. The summed E-state index contributed by atoms with van der Waals surface area (Å²) in [6, 6.07) is 7.60. The summed E-state index contributed by atoms with van der Waals surface area (Å²) in [4.78, 5) is 80.3. The number of aliphatic hydroxyl groups excluding tert-OH is 1. The second-order valence-electron chi connectivity index (χ2n) is 27.1. The summed E-state index contributed by atoms with van der Waals surface area (Å²) < 4.78 is 161. The van der Waals surface area contributed by atoms with E-state index in [1.807, 2.05) is 40.1 Å². The van der Waals surface area contributed by atoms with Gasteiger partial charge in [-0.3, -0.25) is 24.7 Å². The van der Waals surface area contributed by atoms with E-state index < -0.39 is 95.1 Å². The third-order valence-corrected chi connectivity index (χ3v) is 17.5. The molecule has 6 aliphatic rings. The number of aliphatic hydroxyl groups is 1. The molecule has 4 aromatic heterocycles. The highest BCUT2D eigenvalue weighted by molar-refractivity contribution is 6.28. The molecule has 34 heteroatoms. The Bertz CT molecular complexity index is 3830. The molecule has 3 amide bonds. The fourth-order valence-electron chi connectivity index (χ4n) is 12.9. The number of hydrogen-bond acceptors (Lipinski definition) is 18. The summed E-state index contributed by atoms with van der Waals surface area (Å²) in [7, 11) is 0. The fraction of sp³-hybridized carbons (Fsp3) is 0.580. The predicted octanol–water partition coefficient (Wildman–Crippen LogP) is 13.0. The number of halogens is 11. The van der Waals surface area contributed by atoms with Crippen LogP contribution < -0.4 is 24.3 Å². The summed E-state index contributed by atoms with van der Waals surface area (Å²) in [5.41, 5.74) is -1.81. The van der Waals surface area contributed by atoms with Gasteiger partial charge in [0.2, 0.25) is 18.4 Å². The van der Waals surface area contributed by atoms with Gasteiger partial charge in [-0.15, -0.1) is 0 Å². The third kappa shape index (κ3) is 20.9. The van der Waals surface area contributed by atoms with Crippen LogP contribution in [0.4, 0.5) is 81.3 Å². The number of hydrogen-bond donors (Lipinski definition) is 1. The molecule has 4 saturated heterocycles. The smallest absolute Gasteiger partial charge is 0.421 e. The number of anilines is 4. The number of pyridine rings is 2. The quantitative estimate of drug-likeness (QED) is 0.0531. The minimum absolute atomic E-state index is 0. The minimum Gasteiger partial charge on any atom is -0.461 e. The molecule has 6 atom stereocenters. The Morgan fingerprint density at radius 3 is 1.65 bits per heavy atom. The zero-order chi connectivity index (χ0) is 73.3. The lowest BCUT2D eigenvalue weighted by Gasteiger charge is -2.40. The highest BCUT2D eigenvalue weighted by Crippen LogP contribution is 2.43. The number of carbonyl (C=O) groups is 3. The zero-order valence-electron chi connectivity index (χ0n) is 56.4. The Balaban J connectivity index is 0.000000237. The molecule has 1 N–H and O–H groups in total. The number of fused-ring (bicyclic) bond motifs is 2. The lowest BCUT2D eigenvalue weighted by atomic mass is 9.96. The van der Waals surface area contributed by atoms with Gasteiger partial charge in [0, 0.05) is 75.7 Å². The molecular weight excluding hydrogens is 1390 g/mol. The number of ether oxygens (including phenoxy) is 4. The Morgan fingerprint density at radius 2 is 1.13 bits per heavy atom. The Morgan fingerprint density at radius 1 is 0.612 bits per heavy atom. The van der Waals surface area contributed by atoms with E-state index in [1.165, 1.54) is 24.5 Å².